The van der Waals surface area contributed by atoms with Crippen molar-refractivity contribution in [3.8, 4) is 6.07 Å². The maximum absolute atomic E-state index is 13.9. The van der Waals surface area contributed by atoms with E-state index < -0.39 is 10.0 Å². The third-order valence-corrected chi connectivity index (χ3v) is 9.00. The first-order valence-electron chi connectivity index (χ1n) is 12.5. The van der Waals surface area contributed by atoms with E-state index in [1.54, 1.807) is 16.7 Å². The summed E-state index contributed by atoms with van der Waals surface area (Å²) in [5, 5.41) is 9.55. The van der Waals surface area contributed by atoms with Crippen LogP contribution < -0.4 is 4.90 Å². The topological polar surface area (TPSA) is 96.3 Å². The molecule has 8 nitrogen and oxygen atoms in total. The molecule has 1 atom stereocenters. The molecule has 0 aliphatic carbocycles. The van der Waals surface area contributed by atoms with Gasteiger partial charge in [0.15, 0.2) is 0 Å². The number of fused-ring (bicyclic) bond motifs is 1. The molecule has 0 bridgehead atoms. The Morgan fingerprint density at radius 2 is 1.92 bits per heavy atom. The van der Waals surface area contributed by atoms with Crippen LogP contribution in [0.4, 0.5) is 5.69 Å². The van der Waals surface area contributed by atoms with Gasteiger partial charge in [-0.2, -0.15) is 9.57 Å². The summed E-state index contributed by atoms with van der Waals surface area (Å²) in [7, 11) is -3.55. The number of benzene rings is 2. The number of sulfonamides is 1. The Hall–Kier alpha value is -3.19. The standard InChI is InChI=1S/C27H32N6O2S/c28-16-23-8-9-27-24(14-23)18-33(36(34,35)13-12-31-10-4-5-11-31)26(15-22-6-2-1-3-7-22)20-32(27)19-25-17-29-21-30-25/h1-3,6-9,14,17,21,26H,4-5,10-13,15,18-20H2,(H,29,30)/t26-/m1/s1. The SMILES string of the molecule is N#Cc1ccc2c(c1)CN(S(=O)(=O)CCN1CCCC1)[C@H](Cc1ccccc1)CN2Cc1c[nH]cn1. The first kappa shape index (κ1) is 24.5. The molecular weight excluding hydrogens is 472 g/mol. The number of imidazole rings is 1. The van der Waals surface area contributed by atoms with Gasteiger partial charge < -0.3 is 14.8 Å². The predicted molar refractivity (Wildman–Crippen MR) is 140 cm³/mol. The van der Waals surface area contributed by atoms with Crippen molar-refractivity contribution in [2.24, 2.45) is 0 Å². The zero-order valence-electron chi connectivity index (χ0n) is 20.4. The van der Waals surface area contributed by atoms with Crippen LogP contribution in [0.25, 0.3) is 0 Å². The maximum Gasteiger partial charge on any atom is 0.215 e. The summed E-state index contributed by atoms with van der Waals surface area (Å²) in [6.45, 7) is 3.82. The fourth-order valence-corrected chi connectivity index (χ4v) is 6.95. The molecule has 1 saturated heterocycles. The average molecular weight is 505 g/mol. The lowest BCUT2D eigenvalue weighted by molar-refractivity contribution is 0.310. The lowest BCUT2D eigenvalue weighted by atomic mass is 10.1. The zero-order valence-corrected chi connectivity index (χ0v) is 21.2. The van der Waals surface area contributed by atoms with Crippen molar-refractivity contribution >= 4 is 15.7 Å². The zero-order chi connectivity index (χ0) is 25.0. The van der Waals surface area contributed by atoms with Gasteiger partial charge in [0.25, 0.3) is 0 Å². The minimum atomic E-state index is -3.55. The van der Waals surface area contributed by atoms with E-state index in [4.69, 9.17) is 0 Å². The molecule has 3 heterocycles. The maximum atomic E-state index is 13.9. The highest BCUT2D eigenvalue weighted by molar-refractivity contribution is 7.89. The van der Waals surface area contributed by atoms with Gasteiger partial charge in [-0.3, -0.25) is 0 Å². The van der Waals surface area contributed by atoms with Crippen molar-refractivity contribution in [1.82, 2.24) is 19.2 Å². The number of rotatable bonds is 8. The number of nitrogens with zero attached hydrogens (tertiary/aromatic N) is 5. The summed E-state index contributed by atoms with van der Waals surface area (Å²) in [4.78, 5) is 11.9. The minimum absolute atomic E-state index is 0.102. The first-order valence-corrected chi connectivity index (χ1v) is 14.1. The van der Waals surface area contributed by atoms with Crippen LogP contribution in [0.5, 0.6) is 0 Å². The quantitative estimate of drug-likeness (QED) is 0.506. The molecule has 5 rings (SSSR count). The monoisotopic (exact) mass is 504 g/mol. The van der Waals surface area contributed by atoms with Crippen LogP contribution in [0.1, 0.15) is 35.2 Å². The molecule has 0 spiro atoms. The molecule has 188 valence electrons. The molecule has 2 aromatic carbocycles. The van der Waals surface area contributed by atoms with Crippen LogP contribution in [0.15, 0.2) is 61.1 Å². The summed E-state index contributed by atoms with van der Waals surface area (Å²) in [5.41, 5.74) is 4.32. The van der Waals surface area contributed by atoms with Crippen molar-refractivity contribution in [3.63, 3.8) is 0 Å². The number of nitriles is 1. The Balaban J connectivity index is 1.51. The van der Waals surface area contributed by atoms with E-state index in [0.29, 0.717) is 31.6 Å². The van der Waals surface area contributed by atoms with Gasteiger partial charge in [-0.25, -0.2) is 13.4 Å². The van der Waals surface area contributed by atoms with Crippen LogP contribution in [-0.2, 0) is 29.5 Å². The molecule has 36 heavy (non-hydrogen) atoms. The molecule has 2 aliphatic rings. The van der Waals surface area contributed by atoms with Gasteiger partial charge in [0, 0.05) is 37.6 Å². The van der Waals surface area contributed by atoms with Crippen LogP contribution in [0, 0.1) is 11.3 Å². The summed E-state index contributed by atoms with van der Waals surface area (Å²) in [6, 6.07) is 17.6. The van der Waals surface area contributed by atoms with Crippen LogP contribution in [0.3, 0.4) is 0 Å². The van der Waals surface area contributed by atoms with Gasteiger partial charge in [0.2, 0.25) is 10.0 Å². The van der Waals surface area contributed by atoms with E-state index in [0.717, 1.165) is 48.4 Å². The van der Waals surface area contributed by atoms with Gasteiger partial charge in [-0.05, 0) is 61.7 Å². The van der Waals surface area contributed by atoms with E-state index in [-0.39, 0.29) is 18.3 Å². The number of likely N-dealkylation sites (tertiary alicyclic amines) is 1. The Labute approximate surface area is 213 Å². The molecule has 0 amide bonds. The van der Waals surface area contributed by atoms with Crippen molar-refractivity contribution in [3.05, 3.63) is 83.4 Å². The van der Waals surface area contributed by atoms with E-state index >= 15 is 0 Å². The van der Waals surface area contributed by atoms with Crippen LogP contribution >= 0.6 is 0 Å². The number of aromatic amines is 1. The van der Waals surface area contributed by atoms with E-state index in [2.05, 4.69) is 38.0 Å². The second kappa shape index (κ2) is 10.8. The number of H-pyrrole nitrogens is 1. The fourth-order valence-electron chi connectivity index (χ4n) is 5.30. The van der Waals surface area contributed by atoms with Crippen molar-refractivity contribution < 1.29 is 8.42 Å². The highest BCUT2D eigenvalue weighted by Crippen LogP contribution is 2.32. The summed E-state index contributed by atoms with van der Waals surface area (Å²) >= 11 is 0. The number of nitrogens with one attached hydrogen (secondary N) is 1. The first-order chi connectivity index (χ1) is 17.5. The highest BCUT2D eigenvalue weighted by Gasteiger charge is 2.36. The molecular formula is C27H32N6O2S. The lowest BCUT2D eigenvalue weighted by Crippen LogP contribution is -2.47. The largest absolute Gasteiger partial charge is 0.364 e. The Morgan fingerprint density at radius 3 is 2.64 bits per heavy atom. The summed E-state index contributed by atoms with van der Waals surface area (Å²) in [6.07, 6.45) is 6.40. The summed E-state index contributed by atoms with van der Waals surface area (Å²) in [5.74, 6) is 0.102. The molecule has 0 radical (unpaired) electrons. The molecule has 1 N–H and O–H groups in total. The second-order valence-corrected chi connectivity index (χ2v) is 11.7. The second-order valence-electron chi connectivity index (χ2n) is 9.65. The average Bonchev–Trinajstić information content (AvgIpc) is 3.58. The fraction of sp³-hybridized carbons (Fsp3) is 0.407. The van der Waals surface area contributed by atoms with Gasteiger partial charge >= 0.3 is 0 Å². The lowest BCUT2D eigenvalue weighted by Gasteiger charge is -2.32. The molecule has 9 heteroatoms. The number of hydrogen-bond donors (Lipinski definition) is 1. The van der Waals surface area contributed by atoms with Crippen LogP contribution in [0.2, 0.25) is 0 Å². The van der Waals surface area contributed by atoms with Gasteiger partial charge in [0.05, 0.1) is 36.0 Å². The Kier molecular flexibility index (Phi) is 7.37. The van der Waals surface area contributed by atoms with Crippen molar-refractivity contribution in [1.29, 1.82) is 5.26 Å². The normalized spacial score (nSPS) is 19.1. The smallest absolute Gasteiger partial charge is 0.215 e. The molecule has 0 unspecified atom stereocenters. The van der Waals surface area contributed by atoms with E-state index in [9.17, 15) is 13.7 Å². The predicted octanol–water partition coefficient (Wildman–Crippen LogP) is 3.14. The third kappa shape index (κ3) is 5.62. The Bertz CT molecular complexity index is 1300. The highest BCUT2D eigenvalue weighted by atomic mass is 32.2. The number of anilines is 1. The van der Waals surface area contributed by atoms with E-state index in [1.807, 2.05) is 36.5 Å². The summed E-state index contributed by atoms with van der Waals surface area (Å²) < 4.78 is 29.5. The number of hydrogen-bond acceptors (Lipinski definition) is 6. The molecule has 1 fully saturated rings. The molecule has 0 saturated carbocycles. The Morgan fingerprint density at radius 1 is 1.11 bits per heavy atom. The van der Waals surface area contributed by atoms with Gasteiger partial charge in [-0.15, -0.1) is 0 Å². The van der Waals surface area contributed by atoms with E-state index in [1.165, 1.54) is 0 Å². The third-order valence-electron chi connectivity index (χ3n) is 7.16. The number of aromatic nitrogens is 2. The van der Waals surface area contributed by atoms with Gasteiger partial charge in [-0.1, -0.05) is 30.3 Å². The molecule has 2 aliphatic heterocycles. The minimum Gasteiger partial charge on any atom is -0.364 e. The van der Waals surface area contributed by atoms with Gasteiger partial charge in [0.1, 0.15) is 0 Å². The van der Waals surface area contributed by atoms with Crippen LogP contribution in [-0.4, -0.2) is 65.6 Å². The van der Waals surface area contributed by atoms with Crippen molar-refractivity contribution in [2.75, 3.05) is 36.8 Å². The molecule has 3 aromatic rings. The molecule has 1 aromatic heterocycles. The van der Waals surface area contributed by atoms with Crippen molar-refractivity contribution in [2.45, 2.75) is 38.4 Å².